The minimum absolute atomic E-state index is 0.0966. The third-order valence-corrected chi connectivity index (χ3v) is 1.60. The van der Waals surface area contributed by atoms with Gasteiger partial charge in [-0.3, -0.25) is 4.79 Å². The van der Waals surface area contributed by atoms with Gasteiger partial charge in [0.1, 0.15) is 18.5 Å². The predicted octanol–water partition coefficient (Wildman–Crippen LogP) is -0.334. The van der Waals surface area contributed by atoms with Crippen molar-refractivity contribution in [2.75, 3.05) is 0 Å². The Morgan fingerprint density at radius 3 is 2.42 bits per heavy atom. The van der Waals surface area contributed by atoms with Crippen LogP contribution in [0, 0.1) is 0 Å². The Kier molecular flexibility index (Phi) is 5.49. The molecule has 0 aromatic heterocycles. The van der Waals surface area contributed by atoms with E-state index in [9.17, 15) is 9.59 Å². The second-order valence-electron chi connectivity index (χ2n) is 2.59. The van der Waals surface area contributed by atoms with E-state index in [0.29, 0.717) is 6.29 Å². The first-order chi connectivity index (χ1) is 5.63. The van der Waals surface area contributed by atoms with Crippen molar-refractivity contribution in [3.63, 3.8) is 0 Å². The summed E-state index contributed by atoms with van der Waals surface area (Å²) in [6, 6.07) is 0. The summed E-state index contributed by atoms with van der Waals surface area (Å²) in [5, 5.41) is 18.1. The molecule has 2 N–H and O–H groups in total. The second kappa shape index (κ2) is 5.85. The van der Waals surface area contributed by atoms with Gasteiger partial charge >= 0.3 is 0 Å². The summed E-state index contributed by atoms with van der Waals surface area (Å²) in [5.41, 5.74) is 0. The van der Waals surface area contributed by atoms with Gasteiger partial charge in [-0.2, -0.15) is 0 Å². The second-order valence-corrected chi connectivity index (χ2v) is 2.59. The molecule has 70 valence electrons. The number of hydrogen-bond donors (Lipinski definition) is 2. The molecule has 2 unspecified atom stereocenters. The van der Waals surface area contributed by atoms with Gasteiger partial charge in [0.2, 0.25) is 0 Å². The summed E-state index contributed by atoms with van der Waals surface area (Å²) in [6.45, 7) is 1.65. The lowest BCUT2D eigenvalue weighted by atomic mass is 10.0. The molecular weight excluding hydrogens is 160 g/mol. The molecule has 0 radical (unpaired) electrons. The lowest BCUT2D eigenvalue weighted by Crippen LogP contribution is -2.31. The van der Waals surface area contributed by atoms with E-state index >= 15 is 0 Å². The number of rotatable bonds is 6. The maximum absolute atomic E-state index is 11.0. The zero-order valence-electron chi connectivity index (χ0n) is 7.06. The number of hydrogen-bond acceptors (Lipinski definition) is 4. The number of ketones is 1. The quantitative estimate of drug-likeness (QED) is 0.540. The first kappa shape index (κ1) is 11.3. The van der Waals surface area contributed by atoms with Gasteiger partial charge in [-0.1, -0.05) is 6.92 Å². The van der Waals surface area contributed by atoms with Crippen LogP contribution in [0.5, 0.6) is 0 Å². The van der Waals surface area contributed by atoms with Crippen LogP contribution in [0.25, 0.3) is 0 Å². The van der Waals surface area contributed by atoms with Crippen LogP contribution in [0.4, 0.5) is 0 Å². The van der Waals surface area contributed by atoms with Gasteiger partial charge in [0.25, 0.3) is 0 Å². The van der Waals surface area contributed by atoms with E-state index in [0.717, 1.165) is 0 Å². The largest absolute Gasteiger partial charge is 0.385 e. The molecule has 0 saturated heterocycles. The number of aliphatic hydroxyl groups excluding tert-OH is 2. The molecule has 0 heterocycles. The zero-order valence-corrected chi connectivity index (χ0v) is 7.06. The van der Waals surface area contributed by atoms with Crippen molar-refractivity contribution in [1.82, 2.24) is 0 Å². The Hall–Kier alpha value is -0.740. The first-order valence-electron chi connectivity index (χ1n) is 3.97. The van der Waals surface area contributed by atoms with Crippen molar-refractivity contribution in [2.24, 2.45) is 0 Å². The predicted molar refractivity (Wildman–Crippen MR) is 42.6 cm³/mol. The highest BCUT2D eigenvalue weighted by atomic mass is 16.3. The Balaban J connectivity index is 3.83. The third kappa shape index (κ3) is 3.59. The number of aliphatic hydroxyl groups is 2. The molecule has 0 aromatic rings. The lowest BCUT2D eigenvalue weighted by molar-refractivity contribution is -0.136. The van der Waals surface area contributed by atoms with E-state index in [-0.39, 0.29) is 19.3 Å². The molecule has 0 aliphatic rings. The average Bonchev–Trinajstić information content (AvgIpc) is 2.11. The monoisotopic (exact) mass is 174 g/mol. The molecule has 0 amide bonds. The molecule has 12 heavy (non-hydrogen) atoms. The fourth-order valence-electron chi connectivity index (χ4n) is 0.791. The van der Waals surface area contributed by atoms with Crippen LogP contribution in [-0.2, 0) is 9.59 Å². The van der Waals surface area contributed by atoms with E-state index in [4.69, 9.17) is 10.2 Å². The lowest BCUT2D eigenvalue weighted by Gasteiger charge is -2.11. The van der Waals surface area contributed by atoms with Gasteiger partial charge in [0.05, 0.1) is 0 Å². The van der Waals surface area contributed by atoms with E-state index in [1.165, 1.54) is 0 Å². The van der Waals surface area contributed by atoms with Gasteiger partial charge in [-0.05, 0) is 12.8 Å². The zero-order chi connectivity index (χ0) is 9.56. The summed E-state index contributed by atoms with van der Waals surface area (Å²) in [5.74, 6) is -0.598. The Morgan fingerprint density at radius 1 is 1.42 bits per heavy atom. The van der Waals surface area contributed by atoms with Crippen LogP contribution in [0.1, 0.15) is 26.2 Å². The van der Waals surface area contributed by atoms with Gasteiger partial charge in [-0.15, -0.1) is 0 Å². The maximum atomic E-state index is 11.0. The van der Waals surface area contributed by atoms with Crippen molar-refractivity contribution in [3.05, 3.63) is 0 Å². The van der Waals surface area contributed by atoms with E-state index in [1.807, 2.05) is 0 Å². The van der Waals surface area contributed by atoms with Crippen LogP contribution >= 0.6 is 0 Å². The first-order valence-corrected chi connectivity index (χ1v) is 3.97. The van der Waals surface area contributed by atoms with Crippen LogP contribution in [0.3, 0.4) is 0 Å². The molecule has 0 aliphatic carbocycles. The Bertz CT molecular complexity index is 155. The summed E-state index contributed by atoms with van der Waals surface area (Å²) < 4.78 is 0. The van der Waals surface area contributed by atoms with Crippen molar-refractivity contribution in [2.45, 2.75) is 38.4 Å². The number of aldehydes is 1. The van der Waals surface area contributed by atoms with Gasteiger partial charge < -0.3 is 15.0 Å². The molecule has 0 aliphatic heterocycles. The highest BCUT2D eigenvalue weighted by Crippen LogP contribution is 2.02. The summed E-state index contributed by atoms with van der Waals surface area (Å²) in [6.07, 6.45) is -1.15. The average molecular weight is 174 g/mol. The van der Waals surface area contributed by atoms with E-state index < -0.39 is 18.0 Å². The smallest absolute Gasteiger partial charge is 0.189 e. The van der Waals surface area contributed by atoms with Crippen molar-refractivity contribution in [1.29, 1.82) is 0 Å². The fraction of sp³-hybridized carbons (Fsp3) is 0.750. The molecule has 4 nitrogen and oxygen atoms in total. The van der Waals surface area contributed by atoms with Crippen LogP contribution in [-0.4, -0.2) is 34.5 Å². The van der Waals surface area contributed by atoms with Crippen molar-refractivity contribution in [3.8, 4) is 0 Å². The SMILES string of the molecule is CCC(O)C(=O)C(O)CCC=O. The molecule has 4 heteroatoms. The fourth-order valence-corrected chi connectivity index (χ4v) is 0.791. The number of carbonyl (C=O) groups excluding carboxylic acids is 2. The van der Waals surface area contributed by atoms with Crippen LogP contribution < -0.4 is 0 Å². The highest BCUT2D eigenvalue weighted by Gasteiger charge is 2.20. The molecule has 0 spiro atoms. The van der Waals surface area contributed by atoms with E-state index in [1.54, 1.807) is 6.92 Å². The minimum atomic E-state index is -1.20. The normalized spacial score (nSPS) is 15.2. The third-order valence-electron chi connectivity index (χ3n) is 1.60. The molecule has 2 atom stereocenters. The van der Waals surface area contributed by atoms with Gasteiger partial charge in [0, 0.05) is 6.42 Å². The molecular formula is C8H14O4. The van der Waals surface area contributed by atoms with Gasteiger partial charge in [0.15, 0.2) is 5.78 Å². The molecule has 0 saturated carbocycles. The maximum Gasteiger partial charge on any atom is 0.189 e. The molecule has 0 bridgehead atoms. The summed E-state index contributed by atoms with van der Waals surface area (Å²) >= 11 is 0. The molecule has 0 aromatic carbocycles. The van der Waals surface area contributed by atoms with E-state index in [2.05, 4.69) is 0 Å². The summed E-state index contributed by atoms with van der Waals surface area (Å²) in [7, 11) is 0. The van der Waals surface area contributed by atoms with Crippen LogP contribution in [0.2, 0.25) is 0 Å². The molecule has 0 fully saturated rings. The topological polar surface area (TPSA) is 74.6 Å². The van der Waals surface area contributed by atoms with Crippen LogP contribution in [0.15, 0.2) is 0 Å². The Morgan fingerprint density at radius 2 is 2.00 bits per heavy atom. The molecule has 0 rings (SSSR count). The minimum Gasteiger partial charge on any atom is -0.385 e. The number of Topliss-reactive ketones (excluding diaryl/α,β-unsaturated/α-hetero) is 1. The van der Waals surface area contributed by atoms with Crippen molar-refractivity contribution < 1.29 is 19.8 Å². The number of carbonyl (C=O) groups is 2. The standard InChI is InChI=1S/C8H14O4/c1-2-6(10)8(12)7(11)4-3-5-9/h5-7,10-11H,2-4H2,1H3. The summed E-state index contributed by atoms with van der Waals surface area (Å²) in [4.78, 5) is 20.9. The van der Waals surface area contributed by atoms with Crippen molar-refractivity contribution >= 4 is 12.1 Å². The van der Waals surface area contributed by atoms with Gasteiger partial charge in [-0.25, -0.2) is 0 Å². The Labute approximate surface area is 71.2 Å². The highest BCUT2D eigenvalue weighted by molar-refractivity contribution is 5.86.